The number of aryl methyl sites for hydroxylation is 1. The third kappa shape index (κ3) is 4.59. The van der Waals surface area contributed by atoms with Gasteiger partial charge in [0.05, 0.1) is 17.8 Å². The van der Waals surface area contributed by atoms with Crippen LogP contribution in [-0.2, 0) is 16.0 Å². The zero-order chi connectivity index (χ0) is 22.5. The molecule has 32 heavy (non-hydrogen) atoms. The van der Waals surface area contributed by atoms with Crippen molar-refractivity contribution in [2.24, 2.45) is 0 Å². The van der Waals surface area contributed by atoms with E-state index in [9.17, 15) is 9.59 Å². The van der Waals surface area contributed by atoms with Crippen LogP contribution in [-0.4, -0.2) is 21.6 Å². The standard InChI is InChI=1S/C26H24N4O2/c1-18-23(19(2)30(29-18)22-12-4-3-5-13-22)15-16-25(31)27-28-26(32)17-21-11-8-10-20-9-6-7-14-24(20)21/h3-16H,17H2,1-2H3,(H,27,31)(H,28,32)/b16-15+. The Morgan fingerprint density at radius 3 is 2.44 bits per heavy atom. The zero-order valence-electron chi connectivity index (χ0n) is 18.0. The Labute approximate surface area is 186 Å². The van der Waals surface area contributed by atoms with E-state index in [1.54, 1.807) is 6.08 Å². The number of carbonyl (C=O) groups is 2. The van der Waals surface area contributed by atoms with Gasteiger partial charge in [0, 0.05) is 17.3 Å². The van der Waals surface area contributed by atoms with Gasteiger partial charge in [-0.2, -0.15) is 5.10 Å². The number of hydrogen-bond acceptors (Lipinski definition) is 3. The summed E-state index contributed by atoms with van der Waals surface area (Å²) in [7, 11) is 0. The van der Waals surface area contributed by atoms with Crippen LogP contribution >= 0.6 is 0 Å². The maximum Gasteiger partial charge on any atom is 0.262 e. The third-order valence-electron chi connectivity index (χ3n) is 5.31. The average Bonchev–Trinajstić information content (AvgIpc) is 3.10. The van der Waals surface area contributed by atoms with Crippen LogP contribution in [0.3, 0.4) is 0 Å². The Hall–Kier alpha value is -4.19. The fraction of sp³-hybridized carbons (Fsp3) is 0.115. The summed E-state index contributed by atoms with van der Waals surface area (Å²) in [6.07, 6.45) is 3.28. The number of amides is 2. The monoisotopic (exact) mass is 424 g/mol. The molecule has 0 aliphatic rings. The van der Waals surface area contributed by atoms with Gasteiger partial charge in [-0.1, -0.05) is 60.7 Å². The number of hydrogen-bond donors (Lipinski definition) is 2. The minimum absolute atomic E-state index is 0.174. The van der Waals surface area contributed by atoms with Crippen molar-refractivity contribution in [2.75, 3.05) is 0 Å². The van der Waals surface area contributed by atoms with Gasteiger partial charge < -0.3 is 0 Å². The van der Waals surface area contributed by atoms with Gasteiger partial charge in [0.15, 0.2) is 0 Å². The number of fused-ring (bicyclic) bond motifs is 1. The highest BCUT2D eigenvalue weighted by molar-refractivity contribution is 5.94. The van der Waals surface area contributed by atoms with E-state index in [1.165, 1.54) is 6.08 Å². The van der Waals surface area contributed by atoms with Crippen molar-refractivity contribution in [3.8, 4) is 5.69 Å². The molecule has 0 saturated carbocycles. The first-order valence-corrected chi connectivity index (χ1v) is 10.4. The fourth-order valence-corrected chi connectivity index (χ4v) is 3.71. The highest BCUT2D eigenvalue weighted by atomic mass is 16.2. The summed E-state index contributed by atoms with van der Waals surface area (Å²) in [5.74, 6) is -0.699. The molecule has 1 aromatic heterocycles. The van der Waals surface area contributed by atoms with Crippen molar-refractivity contribution in [3.05, 3.63) is 101 Å². The number of benzene rings is 3. The summed E-state index contributed by atoms with van der Waals surface area (Å²) >= 11 is 0. The molecule has 0 unspecified atom stereocenters. The average molecular weight is 425 g/mol. The first kappa shape index (κ1) is 21.1. The molecule has 0 saturated heterocycles. The zero-order valence-corrected chi connectivity index (χ0v) is 18.0. The van der Waals surface area contributed by atoms with Gasteiger partial charge in [-0.3, -0.25) is 20.4 Å². The molecule has 0 fully saturated rings. The van der Waals surface area contributed by atoms with E-state index in [4.69, 9.17) is 0 Å². The number of nitrogens with one attached hydrogen (secondary N) is 2. The molecule has 160 valence electrons. The molecule has 6 heteroatoms. The van der Waals surface area contributed by atoms with Gasteiger partial charge in [0.2, 0.25) is 5.91 Å². The minimum Gasteiger partial charge on any atom is -0.273 e. The number of carbonyl (C=O) groups excluding carboxylic acids is 2. The lowest BCUT2D eigenvalue weighted by molar-refractivity contribution is -0.126. The predicted molar refractivity (Wildman–Crippen MR) is 126 cm³/mol. The third-order valence-corrected chi connectivity index (χ3v) is 5.31. The number of aromatic nitrogens is 2. The molecular weight excluding hydrogens is 400 g/mol. The molecular formula is C26H24N4O2. The van der Waals surface area contributed by atoms with E-state index >= 15 is 0 Å². The summed E-state index contributed by atoms with van der Waals surface area (Å²) in [6, 6.07) is 23.6. The predicted octanol–water partition coefficient (Wildman–Crippen LogP) is 4.05. The molecule has 0 atom stereocenters. The van der Waals surface area contributed by atoms with E-state index in [0.717, 1.165) is 39.0 Å². The van der Waals surface area contributed by atoms with Crippen LogP contribution in [0.1, 0.15) is 22.5 Å². The van der Waals surface area contributed by atoms with E-state index < -0.39 is 5.91 Å². The molecule has 0 aliphatic heterocycles. The van der Waals surface area contributed by atoms with E-state index in [-0.39, 0.29) is 12.3 Å². The summed E-state index contributed by atoms with van der Waals surface area (Å²) in [6.45, 7) is 3.85. The van der Waals surface area contributed by atoms with Gasteiger partial charge in [-0.15, -0.1) is 0 Å². The second-order valence-electron chi connectivity index (χ2n) is 7.52. The van der Waals surface area contributed by atoms with E-state index in [1.807, 2.05) is 91.3 Å². The second kappa shape index (κ2) is 9.31. The van der Waals surface area contributed by atoms with E-state index in [0.29, 0.717) is 0 Å². The highest BCUT2D eigenvalue weighted by Gasteiger charge is 2.11. The molecule has 6 nitrogen and oxygen atoms in total. The molecule has 0 spiro atoms. The fourth-order valence-electron chi connectivity index (χ4n) is 3.71. The molecule has 0 radical (unpaired) electrons. The molecule has 3 aromatic carbocycles. The highest BCUT2D eigenvalue weighted by Crippen LogP contribution is 2.20. The molecule has 1 heterocycles. The molecule has 0 bridgehead atoms. The Kier molecular flexibility index (Phi) is 6.12. The molecule has 2 amide bonds. The van der Waals surface area contributed by atoms with Crippen LogP contribution < -0.4 is 10.9 Å². The lowest BCUT2D eigenvalue weighted by Gasteiger charge is -2.08. The number of nitrogens with zero attached hydrogens (tertiary/aromatic N) is 2. The Morgan fingerprint density at radius 2 is 1.62 bits per heavy atom. The SMILES string of the molecule is Cc1nn(-c2ccccc2)c(C)c1/C=C/C(=O)NNC(=O)Cc1cccc2ccccc12. The Bertz CT molecular complexity index is 1300. The Balaban J connectivity index is 1.38. The van der Waals surface area contributed by atoms with E-state index in [2.05, 4.69) is 16.0 Å². The Morgan fingerprint density at radius 1 is 0.906 bits per heavy atom. The van der Waals surface area contributed by atoms with Gasteiger partial charge >= 0.3 is 0 Å². The topological polar surface area (TPSA) is 76.0 Å². The smallest absolute Gasteiger partial charge is 0.262 e. The number of para-hydroxylation sites is 1. The maximum atomic E-state index is 12.3. The molecule has 4 rings (SSSR count). The summed E-state index contributed by atoms with van der Waals surface area (Å²) < 4.78 is 1.85. The number of hydrazine groups is 1. The van der Waals surface area contributed by atoms with Crippen molar-refractivity contribution in [3.63, 3.8) is 0 Å². The van der Waals surface area contributed by atoms with Gasteiger partial charge in [-0.05, 0) is 48.4 Å². The quantitative estimate of drug-likeness (QED) is 0.375. The first-order valence-electron chi connectivity index (χ1n) is 10.4. The summed E-state index contributed by atoms with van der Waals surface area (Å²) in [5.41, 5.74) is 9.40. The van der Waals surface area contributed by atoms with Crippen LogP contribution in [0.5, 0.6) is 0 Å². The van der Waals surface area contributed by atoms with Crippen molar-refractivity contribution >= 4 is 28.7 Å². The van der Waals surface area contributed by atoms with Crippen LogP contribution in [0, 0.1) is 13.8 Å². The van der Waals surface area contributed by atoms with Gasteiger partial charge in [-0.25, -0.2) is 4.68 Å². The number of rotatable bonds is 5. The molecule has 2 N–H and O–H groups in total. The first-order chi connectivity index (χ1) is 15.5. The van der Waals surface area contributed by atoms with Gasteiger partial charge in [0.25, 0.3) is 5.91 Å². The maximum absolute atomic E-state index is 12.3. The second-order valence-corrected chi connectivity index (χ2v) is 7.52. The lowest BCUT2D eigenvalue weighted by Crippen LogP contribution is -2.41. The normalized spacial score (nSPS) is 11.1. The van der Waals surface area contributed by atoms with Crippen LogP contribution in [0.4, 0.5) is 0 Å². The summed E-state index contributed by atoms with van der Waals surface area (Å²) in [4.78, 5) is 24.6. The van der Waals surface area contributed by atoms with Crippen molar-refractivity contribution in [1.82, 2.24) is 20.6 Å². The van der Waals surface area contributed by atoms with Crippen molar-refractivity contribution in [1.29, 1.82) is 0 Å². The minimum atomic E-state index is -0.414. The van der Waals surface area contributed by atoms with Crippen molar-refractivity contribution in [2.45, 2.75) is 20.3 Å². The van der Waals surface area contributed by atoms with Crippen LogP contribution in [0.25, 0.3) is 22.5 Å². The van der Waals surface area contributed by atoms with Crippen LogP contribution in [0.2, 0.25) is 0 Å². The molecule has 0 aliphatic carbocycles. The van der Waals surface area contributed by atoms with Gasteiger partial charge in [0.1, 0.15) is 0 Å². The van der Waals surface area contributed by atoms with Crippen LogP contribution in [0.15, 0.2) is 78.9 Å². The summed E-state index contributed by atoms with van der Waals surface area (Å²) in [5, 5.41) is 6.67. The lowest BCUT2D eigenvalue weighted by atomic mass is 10.0. The molecule has 4 aromatic rings. The van der Waals surface area contributed by atoms with Crippen molar-refractivity contribution < 1.29 is 9.59 Å². The largest absolute Gasteiger partial charge is 0.273 e.